The smallest absolute Gasteiger partial charge is 0.0723 e. The summed E-state index contributed by atoms with van der Waals surface area (Å²) in [5.41, 5.74) is 2.79. The molecule has 19 heavy (non-hydrogen) atoms. The van der Waals surface area contributed by atoms with Crippen LogP contribution in [0.15, 0.2) is 36.4 Å². The summed E-state index contributed by atoms with van der Waals surface area (Å²) in [5, 5.41) is 0. The number of rotatable bonds is 4. The minimum Gasteiger partial charge on any atom is -0.377 e. The molecule has 1 heterocycles. The Kier molecular flexibility index (Phi) is 4.43. The van der Waals surface area contributed by atoms with Gasteiger partial charge in [-0.3, -0.25) is 0 Å². The minimum absolute atomic E-state index is 0.220. The first-order valence-corrected chi connectivity index (χ1v) is 7.60. The van der Waals surface area contributed by atoms with Gasteiger partial charge in [0.05, 0.1) is 6.61 Å². The van der Waals surface area contributed by atoms with Crippen molar-refractivity contribution >= 4 is 11.3 Å². The van der Waals surface area contributed by atoms with Gasteiger partial charge in [-0.1, -0.05) is 45.0 Å². The van der Waals surface area contributed by atoms with Gasteiger partial charge in [0, 0.05) is 16.4 Å². The minimum atomic E-state index is 0.220. The molecule has 0 amide bonds. The summed E-state index contributed by atoms with van der Waals surface area (Å²) in [6, 6.07) is 13.0. The maximum absolute atomic E-state index is 5.56. The van der Waals surface area contributed by atoms with Crippen LogP contribution in [0.25, 0.3) is 10.4 Å². The molecule has 0 radical (unpaired) electrons. The maximum atomic E-state index is 5.56. The average molecular weight is 274 g/mol. The van der Waals surface area contributed by atoms with Crippen LogP contribution in [-0.2, 0) is 16.8 Å². The molecule has 2 aromatic rings. The third kappa shape index (κ3) is 3.46. The summed E-state index contributed by atoms with van der Waals surface area (Å²) in [7, 11) is 0. The summed E-state index contributed by atoms with van der Waals surface area (Å²) in [6.45, 7) is 10.3. The Balaban J connectivity index is 2.33. The van der Waals surface area contributed by atoms with E-state index in [9.17, 15) is 0 Å². The largest absolute Gasteiger partial charge is 0.377 e. The maximum Gasteiger partial charge on any atom is 0.0723 e. The normalized spacial score (nSPS) is 11.8. The standard InChI is InChI=1S/C17H22OS/c1-5-18-12-13-8-6-7-9-14(13)15-10-11-16(19-15)17(2,3)4/h6-11H,5,12H2,1-4H3. The number of hydrogen-bond donors (Lipinski definition) is 0. The van der Waals surface area contributed by atoms with Crippen molar-refractivity contribution in [3.8, 4) is 10.4 Å². The average Bonchev–Trinajstić information content (AvgIpc) is 2.86. The van der Waals surface area contributed by atoms with E-state index in [0.29, 0.717) is 6.61 Å². The summed E-state index contributed by atoms with van der Waals surface area (Å²) in [4.78, 5) is 2.76. The van der Waals surface area contributed by atoms with Gasteiger partial charge in [0.2, 0.25) is 0 Å². The molecule has 1 aromatic heterocycles. The van der Waals surface area contributed by atoms with Gasteiger partial charge in [-0.15, -0.1) is 11.3 Å². The Hall–Kier alpha value is -1.12. The Bertz CT molecular complexity index is 534. The van der Waals surface area contributed by atoms with E-state index in [1.807, 2.05) is 18.3 Å². The fourth-order valence-electron chi connectivity index (χ4n) is 1.98. The second kappa shape index (κ2) is 5.89. The zero-order valence-corrected chi connectivity index (χ0v) is 13.0. The van der Waals surface area contributed by atoms with Crippen molar-refractivity contribution in [1.29, 1.82) is 0 Å². The highest BCUT2D eigenvalue weighted by molar-refractivity contribution is 7.15. The molecule has 0 spiro atoms. The zero-order valence-electron chi connectivity index (χ0n) is 12.2. The lowest BCUT2D eigenvalue weighted by Gasteiger charge is -2.15. The molecular formula is C17H22OS. The molecule has 0 aliphatic carbocycles. The molecule has 0 aliphatic rings. The molecule has 0 N–H and O–H groups in total. The molecular weight excluding hydrogens is 252 g/mol. The Morgan fingerprint density at radius 1 is 1.05 bits per heavy atom. The molecule has 0 atom stereocenters. The van der Waals surface area contributed by atoms with Crippen LogP contribution in [0.4, 0.5) is 0 Å². The van der Waals surface area contributed by atoms with E-state index >= 15 is 0 Å². The van der Waals surface area contributed by atoms with Gasteiger partial charge in [-0.05, 0) is 35.6 Å². The van der Waals surface area contributed by atoms with E-state index in [4.69, 9.17) is 4.74 Å². The zero-order chi connectivity index (χ0) is 13.9. The highest BCUT2D eigenvalue weighted by Crippen LogP contribution is 2.36. The van der Waals surface area contributed by atoms with Crippen LogP contribution in [0.3, 0.4) is 0 Å². The second-order valence-electron chi connectivity index (χ2n) is 5.71. The topological polar surface area (TPSA) is 9.23 Å². The van der Waals surface area contributed by atoms with Gasteiger partial charge < -0.3 is 4.74 Å². The molecule has 2 rings (SSSR count). The Labute approximate surface area is 120 Å². The quantitative estimate of drug-likeness (QED) is 0.740. The highest BCUT2D eigenvalue weighted by atomic mass is 32.1. The summed E-state index contributed by atoms with van der Waals surface area (Å²) in [6.07, 6.45) is 0. The van der Waals surface area contributed by atoms with E-state index in [1.165, 1.54) is 20.9 Å². The Morgan fingerprint density at radius 3 is 2.42 bits per heavy atom. The predicted octanol–water partition coefficient (Wildman–Crippen LogP) is 5.25. The van der Waals surface area contributed by atoms with E-state index in [2.05, 4.69) is 57.2 Å². The van der Waals surface area contributed by atoms with Gasteiger partial charge in [0.1, 0.15) is 0 Å². The first-order valence-electron chi connectivity index (χ1n) is 6.78. The van der Waals surface area contributed by atoms with Gasteiger partial charge in [-0.25, -0.2) is 0 Å². The first kappa shape index (κ1) is 14.3. The fraction of sp³-hybridized carbons (Fsp3) is 0.412. The SMILES string of the molecule is CCOCc1ccccc1-c1ccc(C(C)(C)C)s1. The van der Waals surface area contributed by atoms with Crippen molar-refractivity contribution in [1.82, 2.24) is 0 Å². The van der Waals surface area contributed by atoms with Crippen molar-refractivity contribution in [3.63, 3.8) is 0 Å². The molecule has 0 fully saturated rings. The van der Waals surface area contributed by atoms with Crippen LogP contribution >= 0.6 is 11.3 Å². The third-order valence-electron chi connectivity index (χ3n) is 3.09. The molecule has 0 saturated heterocycles. The van der Waals surface area contributed by atoms with Crippen molar-refractivity contribution in [3.05, 3.63) is 46.8 Å². The lowest BCUT2D eigenvalue weighted by atomic mass is 9.95. The third-order valence-corrected chi connectivity index (χ3v) is 4.63. The lowest BCUT2D eigenvalue weighted by molar-refractivity contribution is 0.134. The number of hydrogen-bond acceptors (Lipinski definition) is 2. The van der Waals surface area contributed by atoms with Crippen molar-refractivity contribution < 1.29 is 4.74 Å². The van der Waals surface area contributed by atoms with E-state index in [1.54, 1.807) is 0 Å². The summed E-state index contributed by atoms with van der Waals surface area (Å²) >= 11 is 1.88. The summed E-state index contributed by atoms with van der Waals surface area (Å²) in [5.74, 6) is 0. The van der Waals surface area contributed by atoms with Crippen molar-refractivity contribution in [2.45, 2.75) is 39.7 Å². The molecule has 1 aromatic carbocycles. The van der Waals surface area contributed by atoms with Gasteiger partial charge in [0.15, 0.2) is 0 Å². The molecule has 0 saturated carbocycles. The molecule has 0 unspecified atom stereocenters. The number of ether oxygens (including phenoxy) is 1. The molecule has 1 nitrogen and oxygen atoms in total. The second-order valence-corrected chi connectivity index (χ2v) is 6.79. The number of benzene rings is 1. The molecule has 0 bridgehead atoms. The van der Waals surface area contributed by atoms with E-state index < -0.39 is 0 Å². The fourth-order valence-corrected chi connectivity index (χ4v) is 3.11. The van der Waals surface area contributed by atoms with Crippen LogP contribution in [0.5, 0.6) is 0 Å². The highest BCUT2D eigenvalue weighted by Gasteiger charge is 2.17. The molecule has 102 valence electrons. The van der Waals surface area contributed by atoms with Crippen LogP contribution in [0.2, 0.25) is 0 Å². The van der Waals surface area contributed by atoms with Gasteiger partial charge in [0.25, 0.3) is 0 Å². The first-order chi connectivity index (χ1) is 9.02. The Morgan fingerprint density at radius 2 is 1.79 bits per heavy atom. The summed E-state index contributed by atoms with van der Waals surface area (Å²) < 4.78 is 5.56. The van der Waals surface area contributed by atoms with Crippen LogP contribution in [0, 0.1) is 0 Å². The molecule has 2 heteroatoms. The molecule has 0 aliphatic heterocycles. The van der Waals surface area contributed by atoms with E-state index in [-0.39, 0.29) is 5.41 Å². The van der Waals surface area contributed by atoms with Crippen molar-refractivity contribution in [2.24, 2.45) is 0 Å². The van der Waals surface area contributed by atoms with Crippen molar-refractivity contribution in [2.75, 3.05) is 6.61 Å². The van der Waals surface area contributed by atoms with Crippen LogP contribution in [-0.4, -0.2) is 6.61 Å². The number of thiophene rings is 1. The van der Waals surface area contributed by atoms with Crippen LogP contribution in [0.1, 0.15) is 38.1 Å². The lowest BCUT2D eigenvalue weighted by Crippen LogP contribution is -2.07. The van der Waals surface area contributed by atoms with Gasteiger partial charge in [-0.2, -0.15) is 0 Å². The predicted molar refractivity (Wildman–Crippen MR) is 83.8 cm³/mol. The van der Waals surface area contributed by atoms with E-state index in [0.717, 1.165) is 6.61 Å². The van der Waals surface area contributed by atoms with Crippen LogP contribution < -0.4 is 0 Å². The monoisotopic (exact) mass is 274 g/mol. The van der Waals surface area contributed by atoms with Gasteiger partial charge >= 0.3 is 0 Å².